The first-order chi connectivity index (χ1) is 5.94. The number of nitrogens with zero attached hydrogens (tertiary/aromatic N) is 1. The standard InChI is InChI=1S/C8H13N3O2/c1-4-8(2,3)11-7-9-5(12)6(13)10-7/h4H2,1-3H3,(H2,9,10,11,12,13). The van der Waals surface area contributed by atoms with E-state index in [-0.39, 0.29) is 11.5 Å². The average molecular weight is 183 g/mol. The Morgan fingerprint density at radius 3 is 2.08 bits per heavy atom. The van der Waals surface area contributed by atoms with Gasteiger partial charge in [-0.3, -0.25) is 20.2 Å². The fourth-order valence-electron chi connectivity index (χ4n) is 0.797. The highest BCUT2D eigenvalue weighted by Crippen LogP contribution is 2.13. The van der Waals surface area contributed by atoms with Gasteiger partial charge >= 0.3 is 11.8 Å². The summed E-state index contributed by atoms with van der Waals surface area (Å²) in [7, 11) is 0. The van der Waals surface area contributed by atoms with Gasteiger partial charge in [0.05, 0.1) is 5.54 Å². The van der Waals surface area contributed by atoms with Gasteiger partial charge in [-0.25, -0.2) is 4.99 Å². The first kappa shape index (κ1) is 9.70. The number of carbonyl (C=O) groups excluding carboxylic acids is 2. The third kappa shape index (κ3) is 2.27. The molecule has 0 radical (unpaired) electrons. The van der Waals surface area contributed by atoms with Crippen molar-refractivity contribution in [3.8, 4) is 0 Å². The molecule has 2 N–H and O–H groups in total. The summed E-state index contributed by atoms with van der Waals surface area (Å²) in [4.78, 5) is 25.7. The van der Waals surface area contributed by atoms with Crippen LogP contribution in [0, 0.1) is 0 Å². The first-order valence-electron chi connectivity index (χ1n) is 4.17. The number of guanidine groups is 1. The number of rotatable bonds is 2. The van der Waals surface area contributed by atoms with Crippen molar-refractivity contribution in [2.45, 2.75) is 32.7 Å². The van der Waals surface area contributed by atoms with E-state index in [1.165, 1.54) is 0 Å². The van der Waals surface area contributed by atoms with Crippen LogP contribution in [-0.2, 0) is 9.59 Å². The maximum atomic E-state index is 10.8. The molecule has 1 fully saturated rings. The Bertz CT molecular complexity index is 263. The number of carbonyl (C=O) groups is 2. The second-order valence-electron chi connectivity index (χ2n) is 3.53. The Morgan fingerprint density at radius 1 is 1.23 bits per heavy atom. The summed E-state index contributed by atoms with van der Waals surface area (Å²) in [5, 5.41) is 4.69. The van der Waals surface area contributed by atoms with Crippen LogP contribution in [-0.4, -0.2) is 23.3 Å². The molecule has 0 unspecified atom stereocenters. The molecule has 2 amide bonds. The van der Waals surface area contributed by atoms with Gasteiger partial charge < -0.3 is 0 Å². The molecule has 1 saturated heterocycles. The summed E-state index contributed by atoms with van der Waals surface area (Å²) in [5.74, 6) is -1.04. The van der Waals surface area contributed by atoms with Crippen molar-refractivity contribution in [1.29, 1.82) is 0 Å². The van der Waals surface area contributed by atoms with Crippen molar-refractivity contribution >= 4 is 17.8 Å². The van der Waals surface area contributed by atoms with Crippen molar-refractivity contribution in [2.75, 3.05) is 0 Å². The van der Waals surface area contributed by atoms with Gasteiger partial charge in [-0.1, -0.05) is 6.92 Å². The molecule has 0 aliphatic carbocycles. The minimum atomic E-state index is -0.648. The van der Waals surface area contributed by atoms with Crippen LogP contribution in [0.2, 0.25) is 0 Å². The predicted octanol–water partition coefficient (Wildman–Crippen LogP) is -0.223. The highest BCUT2D eigenvalue weighted by Gasteiger charge is 2.27. The van der Waals surface area contributed by atoms with Crippen molar-refractivity contribution in [3.05, 3.63) is 0 Å². The van der Waals surface area contributed by atoms with E-state index in [1.54, 1.807) is 0 Å². The predicted molar refractivity (Wildman–Crippen MR) is 48.1 cm³/mol. The average Bonchev–Trinajstić information content (AvgIpc) is 2.30. The molecule has 72 valence electrons. The zero-order valence-corrected chi connectivity index (χ0v) is 7.97. The van der Waals surface area contributed by atoms with Gasteiger partial charge in [0, 0.05) is 0 Å². The van der Waals surface area contributed by atoms with Gasteiger partial charge in [0.2, 0.25) is 5.96 Å². The highest BCUT2D eigenvalue weighted by atomic mass is 16.2. The summed E-state index contributed by atoms with van der Waals surface area (Å²) in [6, 6.07) is 0. The van der Waals surface area contributed by atoms with E-state index in [0.29, 0.717) is 0 Å². The van der Waals surface area contributed by atoms with Crippen LogP contribution in [0.4, 0.5) is 0 Å². The van der Waals surface area contributed by atoms with Gasteiger partial charge in [-0.05, 0) is 20.3 Å². The van der Waals surface area contributed by atoms with Crippen LogP contribution in [0.25, 0.3) is 0 Å². The van der Waals surface area contributed by atoms with Crippen LogP contribution in [0.5, 0.6) is 0 Å². The summed E-state index contributed by atoms with van der Waals surface area (Å²) in [6.45, 7) is 5.84. The minimum absolute atomic E-state index is 0.252. The van der Waals surface area contributed by atoms with Crippen LogP contribution in [0.15, 0.2) is 4.99 Å². The minimum Gasteiger partial charge on any atom is -0.288 e. The zero-order valence-electron chi connectivity index (χ0n) is 7.97. The Hall–Kier alpha value is -1.39. The highest BCUT2D eigenvalue weighted by molar-refractivity contribution is 6.45. The topological polar surface area (TPSA) is 70.6 Å². The molecule has 5 nitrogen and oxygen atoms in total. The van der Waals surface area contributed by atoms with Gasteiger partial charge in [-0.2, -0.15) is 0 Å². The van der Waals surface area contributed by atoms with E-state index in [1.807, 2.05) is 20.8 Å². The lowest BCUT2D eigenvalue weighted by Crippen LogP contribution is -2.30. The quantitative estimate of drug-likeness (QED) is 0.581. The number of nitrogens with one attached hydrogen (secondary N) is 2. The van der Waals surface area contributed by atoms with E-state index in [2.05, 4.69) is 15.6 Å². The fourth-order valence-corrected chi connectivity index (χ4v) is 0.797. The van der Waals surface area contributed by atoms with Crippen LogP contribution >= 0.6 is 0 Å². The van der Waals surface area contributed by atoms with E-state index < -0.39 is 11.8 Å². The van der Waals surface area contributed by atoms with Crippen LogP contribution < -0.4 is 10.6 Å². The van der Waals surface area contributed by atoms with E-state index >= 15 is 0 Å². The molecule has 5 heteroatoms. The SMILES string of the molecule is CCC(C)(C)N=C1NC(=O)C(=O)N1. The lowest BCUT2D eigenvalue weighted by atomic mass is 10.0. The largest absolute Gasteiger partial charge is 0.316 e. The van der Waals surface area contributed by atoms with E-state index in [0.717, 1.165) is 6.42 Å². The maximum Gasteiger partial charge on any atom is 0.316 e. The fraction of sp³-hybridized carbons (Fsp3) is 0.625. The summed E-state index contributed by atoms with van der Waals surface area (Å²) < 4.78 is 0. The van der Waals surface area contributed by atoms with Gasteiger partial charge in [0.15, 0.2) is 0 Å². The number of hydrogen-bond donors (Lipinski definition) is 2. The monoisotopic (exact) mass is 183 g/mol. The Labute approximate surface area is 76.6 Å². The Kier molecular flexibility index (Phi) is 2.36. The zero-order chi connectivity index (χ0) is 10.1. The molecular weight excluding hydrogens is 170 g/mol. The van der Waals surface area contributed by atoms with Crippen LogP contribution in [0.3, 0.4) is 0 Å². The molecule has 1 rings (SSSR count). The first-order valence-corrected chi connectivity index (χ1v) is 4.17. The van der Waals surface area contributed by atoms with Crippen molar-refractivity contribution < 1.29 is 9.59 Å². The van der Waals surface area contributed by atoms with Crippen molar-refractivity contribution in [1.82, 2.24) is 10.6 Å². The third-order valence-corrected chi connectivity index (χ3v) is 1.95. The van der Waals surface area contributed by atoms with Crippen LogP contribution in [0.1, 0.15) is 27.2 Å². The molecule has 13 heavy (non-hydrogen) atoms. The molecule has 0 aromatic carbocycles. The second-order valence-corrected chi connectivity index (χ2v) is 3.53. The summed E-state index contributed by atoms with van der Waals surface area (Å²) in [5.41, 5.74) is -0.264. The molecule has 0 spiro atoms. The Morgan fingerprint density at radius 2 is 1.69 bits per heavy atom. The maximum absolute atomic E-state index is 10.8. The van der Waals surface area contributed by atoms with E-state index in [9.17, 15) is 9.59 Å². The summed E-state index contributed by atoms with van der Waals surface area (Å²) >= 11 is 0. The Balaban J connectivity index is 2.75. The molecule has 1 heterocycles. The third-order valence-electron chi connectivity index (χ3n) is 1.95. The molecule has 0 aromatic rings. The molecule has 0 bridgehead atoms. The smallest absolute Gasteiger partial charge is 0.288 e. The normalized spacial score (nSPS) is 17.0. The second kappa shape index (κ2) is 3.16. The van der Waals surface area contributed by atoms with Gasteiger partial charge in [0.25, 0.3) is 0 Å². The molecular formula is C8H13N3O2. The van der Waals surface area contributed by atoms with Gasteiger partial charge in [0.1, 0.15) is 0 Å². The molecule has 0 atom stereocenters. The van der Waals surface area contributed by atoms with Gasteiger partial charge in [-0.15, -0.1) is 0 Å². The molecule has 1 aliphatic heterocycles. The van der Waals surface area contributed by atoms with Crippen molar-refractivity contribution in [3.63, 3.8) is 0 Å². The van der Waals surface area contributed by atoms with E-state index in [4.69, 9.17) is 0 Å². The number of hydrogen-bond acceptors (Lipinski definition) is 3. The molecule has 0 saturated carbocycles. The number of aliphatic imine (C=N–C) groups is 1. The number of amides is 2. The lowest BCUT2D eigenvalue weighted by Gasteiger charge is -2.17. The molecule has 1 aliphatic rings. The molecule has 0 aromatic heterocycles. The lowest BCUT2D eigenvalue weighted by molar-refractivity contribution is -0.135. The summed E-state index contributed by atoms with van der Waals surface area (Å²) in [6.07, 6.45) is 0.836. The van der Waals surface area contributed by atoms with Crippen molar-refractivity contribution in [2.24, 2.45) is 4.99 Å².